The molecular formula is C26H28N4O2S. The molecule has 1 aliphatic rings. The summed E-state index contributed by atoms with van der Waals surface area (Å²) in [4.78, 5) is 19.4. The number of carbonyl (C=O) groups is 1. The van der Waals surface area contributed by atoms with Gasteiger partial charge in [0.05, 0.1) is 23.1 Å². The normalized spacial score (nSPS) is 14.7. The lowest BCUT2D eigenvalue weighted by atomic mass is 10.0. The summed E-state index contributed by atoms with van der Waals surface area (Å²) in [7, 11) is 3.55. The lowest BCUT2D eigenvalue weighted by Gasteiger charge is -2.16. The molecule has 2 aromatic carbocycles. The highest BCUT2D eigenvalue weighted by molar-refractivity contribution is 7.18. The van der Waals surface area contributed by atoms with E-state index in [4.69, 9.17) is 4.74 Å². The van der Waals surface area contributed by atoms with Crippen LogP contribution in [0.4, 0.5) is 0 Å². The van der Waals surface area contributed by atoms with Crippen molar-refractivity contribution in [2.45, 2.75) is 38.8 Å². The Morgan fingerprint density at radius 1 is 1.33 bits per heavy atom. The molecule has 33 heavy (non-hydrogen) atoms. The summed E-state index contributed by atoms with van der Waals surface area (Å²) in [6.07, 6.45) is 3.86. The van der Waals surface area contributed by atoms with Crippen LogP contribution in [-0.2, 0) is 11.2 Å². The van der Waals surface area contributed by atoms with Gasteiger partial charge in [-0.1, -0.05) is 18.2 Å². The largest absolute Gasteiger partial charge is 0.490 e. The Labute approximate surface area is 198 Å². The van der Waals surface area contributed by atoms with Crippen molar-refractivity contribution in [1.82, 2.24) is 15.2 Å². The van der Waals surface area contributed by atoms with Crippen LogP contribution in [0.5, 0.6) is 5.75 Å². The number of rotatable bonds is 7. The minimum absolute atomic E-state index is 0.00825. The quantitative estimate of drug-likeness (QED) is 0.548. The summed E-state index contributed by atoms with van der Waals surface area (Å²) >= 11 is 1.62. The van der Waals surface area contributed by atoms with Crippen molar-refractivity contribution in [1.29, 1.82) is 5.26 Å². The SMILES string of the molecule is CC(C)Oc1ccc(-c2ncc(-c3cccc4c3CCC4NCC(=O)N(C)C)s2)cc1C#N. The number of fused-ring (bicyclic) bond motifs is 1. The summed E-state index contributed by atoms with van der Waals surface area (Å²) in [6.45, 7) is 4.23. The minimum atomic E-state index is 0.00825. The third-order valence-corrected chi connectivity index (χ3v) is 6.83. The fourth-order valence-corrected chi connectivity index (χ4v) is 5.07. The molecule has 0 bridgehead atoms. The molecule has 1 N–H and O–H groups in total. The zero-order valence-corrected chi connectivity index (χ0v) is 20.2. The standard InChI is InChI=1S/C26H28N4O2S/c1-16(2)32-23-11-8-17(12-18(23)13-27)26-29-14-24(33-26)21-7-5-6-20-19(21)9-10-22(20)28-15-25(31)30(3)4/h5-8,11-12,14,16,22,28H,9-10,15H2,1-4H3. The van der Waals surface area contributed by atoms with E-state index in [1.54, 1.807) is 30.3 Å². The predicted octanol–water partition coefficient (Wildman–Crippen LogP) is 4.80. The summed E-state index contributed by atoms with van der Waals surface area (Å²) in [5.41, 5.74) is 5.20. The van der Waals surface area contributed by atoms with E-state index in [2.05, 4.69) is 34.6 Å². The molecule has 0 aliphatic heterocycles. The van der Waals surface area contributed by atoms with Crippen molar-refractivity contribution in [3.8, 4) is 32.8 Å². The molecule has 0 saturated heterocycles. The molecule has 1 unspecified atom stereocenters. The third-order valence-electron chi connectivity index (χ3n) is 5.75. The van der Waals surface area contributed by atoms with Gasteiger partial charge in [0.25, 0.3) is 0 Å². The Bertz CT molecular complexity index is 1210. The zero-order chi connectivity index (χ0) is 23.5. The van der Waals surface area contributed by atoms with Crippen molar-refractivity contribution >= 4 is 17.2 Å². The van der Waals surface area contributed by atoms with Gasteiger partial charge < -0.3 is 15.0 Å². The Hall–Kier alpha value is -3.21. The Morgan fingerprint density at radius 3 is 2.88 bits per heavy atom. The fourth-order valence-electron chi connectivity index (χ4n) is 4.11. The molecule has 3 aromatic rings. The number of nitriles is 1. The van der Waals surface area contributed by atoms with Crippen LogP contribution in [0.3, 0.4) is 0 Å². The highest BCUT2D eigenvalue weighted by Crippen LogP contribution is 2.41. The molecule has 6 nitrogen and oxygen atoms in total. The number of hydrogen-bond acceptors (Lipinski definition) is 6. The molecule has 1 aromatic heterocycles. The summed E-state index contributed by atoms with van der Waals surface area (Å²) in [6, 6.07) is 14.4. The van der Waals surface area contributed by atoms with Crippen molar-refractivity contribution in [2.24, 2.45) is 0 Å². The maximum atomic E-state index is 12.0. The number of thiazole rings is 1. The van der Waals surface area contributed by atoms with Gasteiger partial charge in [0.1, 0.15) is 16.8 Å². The molecule has 1 heterocycles. The van der Waals surface area contributed by atoms with Crippen LogP contribution in [0.15, 0.2) is 42.6 Å². The van der Waals surface area contributed by atoms with Gasteiger partial charge in [-0.25, -0.2) is 4.98 Å². The van der Waals surface area contributed by atoms with Gasteiger partial charge in [-0.2, -0.15) is 5.26 Å². The van der Waals surface area contributed by atoms with Gasteiger partial charge in [-0.3, -0.25) is 4.79 Å². The van der Waals surface area contributed by atoms with Gasteiger partial charge in [0.2, 0.25) is 5.91 Å². The Kier molecular flexibility index (Phi) is 6.77. The number of nitrogens with one attached hydrogen (secondary N) is 1. The number of benzene rings is 2. The average molecular weight is 461 g/mol. The highest BCUT2D eigenvalue weighted by Gasteiger charge is 2.26. The van der Waals surface area contributed by atoms with Gasteiger partial charge >= 0.3 is 0 Å². The van der Waals surface area contributed by atoms with Gasteiger partial charge in [0, 0.05) is 31.9 Å². The first-order chi connectivity index (χ1) is 15.9. The average Bonchev–Trinajstić information content (AvgIpc) is 3.44. The molecule has 4 rings (SSSR count). The maximum Gasteiger partial charge on any atom is 0.236 e. The molecule has 1 amide bonds. The molecule has 0 fully saturated rings. The maximum absolute atomic E-state index is 12.0. The molecule has 1 aliphatic carbocycles. The van der Waals surface area contributed by atoms with Crippen LogP contribution in [0.2, 0.25) is 0 Å². The Balaban J connectivity index is 1.58. The lowest BCUT2D eigenvalue weighted by Crippen LogP contribution is -2.34. The monoisotopic (exact) mass is 460 g/mol. The number of amides is 1. The van der Waals surface area contributed by atoms with E-state index in [1.165, 1.54) is 16.7 Å². The van der Waals surface area contributed by atoms with Crippen LogP contribution in [0.25, 0.3) is 21.0 Å². The van der Waals surface area contributed by atoms with Crippen molar-refractivity contribution in [3.05, 3.63) is 59.3 Å². The zero-order valence-electron chi connectivity index (χ0n) is 19.4. The van der Waals surface area contributed by atoms with Gasteiger partial charge in [0.15, 0.2) is 0 Å². The predicted molar refractivity (Wildman–Crippen MR) is 131 cm³/mol. The second kappa shape index (κ2) is 9.74. The van der Waals surface area contributed by atoms with Gasteiger partial charge in [-0.15, -0.1) is 11.3 Å². The molecule has 1 atom stereocenters. The van der Waals surface area contributed by atoms with E-state index in [1.807, 2.05) is 38.2 Å². The topological polar surface area (TPSA) is 78.2 Å². The molecule has 170 valence electrons. The van der Waals surface area contributed by atoms with Gasteiger partial charge in [-0.05, 0) is 61.6 Å². The number of likely N-dealkylation sites (N-methyl/N-ethyl adjacent to an activating group) is 1. The summed E-state index contributed by atoms with van der Waals surface area (Å²) < 4.78 is 5.74. The van der Waals surface area contributed by atoms with E-state index >= 15 is 0 Å². The number of carbonyl (C=O) groups excluding carboxylic acids is 1. The smallest absolute Gasteiger partial charge is 0.236 e. The number of hydrogen-bond donors (Lipinski definition) is 1. The van der Waals surface area contributed by atoms with Crippen LogP contribution in [0.1, 0.15) is 43.0 Å². The lowest BCUT2D eigenvalue weighted by molar-refractivity contribution is -0.127. The van der Waals surface area contributed by atoms with Crippen molar-refractivity contribution in [2.75, 3.05) is 20.6 Å². The van der Waals surface area contributed by atoms with Crippen LogP contribution in [0, 0.1) is 11.3 Å². The molecule has 7 heteroatoms. The first kappa shape index (κ1) is 23.0. The van der Waals surface area contributed by atoms with Crippen LogP contribution in [-0.4, -0.2) is 42.5 Å². The Morgan fingerprint density at radius 2 is 2.15 bits per heavy atom. The second-order valence-corrected chi connectivity index (χ2v) is 9.68. The number of nitrogens with zero attached hydrogens (tertiary/aromatic N) is 3. The molecule has 0 spiro atoms. The molecular weight excluding hydrogens is 432 g/mol. The molecule has 0 radical (unpaired) electrons. The van der Waals surface area contributed by atoms with E-state index in [0.717, 1.165) is 28.3 Å². The third kappa shape index (κ3) is 4.92. The summed E-state index contributed by atoms with van der Waals surface area (Å²) in [5.74, 6) is 0.674. The van der Waals surface area contributed by atoms with Crippen LogP contribution >= 0.6 is 11.3 Å². The second-order valence-electron chi connectivity index (χ2n) is 8.65. The number of ether oxygens (including phenoxy) is 1. The van der Waals surface area contributed by atoms with E-state index in [9.17, 15) is 10.1 Å². The fraction of sp³-hybridized carbons (Fsp3) is 0.346. The summed E-state index contributed by atoms with van der Waals surface area (Å²) in [5, 5.41) is 13.8. The number of aromatic nitrogens is 1. The first-order valence-corrected chi connectivity index (χ1v) is 11.9. The van der Waals surface area contributed by atoms with E-state index in [-0.39, 0.29) is 18.1 Å². The van der Waals surface area contributed by atoms with Crippen molar-refractivity contribution in [3.63, 3.8) is 0 Å². The minimum Gasteiger partial charge on any atom is -0.490 e. The molecule has 0 saturated carbocycles. The highest BCUT2D eigenvalue weighted by atomic mass is 32.1. The van der Waals surface area contributed by atoms with Crippen molar-refractivity contribution < 1.29 is 9.53 Å². The van der Waals surface area contributed by atoms with E-state index in [0.29, 0.717) is 17.9 Å². The van der Waals surface area contributed by atoms with Crippen LogP contribution < -0.4 is 10.1 Å². The van der Waals surface area contributed by atoms with E-state index < -0.39 is 0 Å². The first-order valence-electron chi connectivity index (χ1n) is 11.1.